The first-order valence-electron chi connectivity index (χ1n) is 9.67. The SMILES string of the molecule is CCONC(=O)[C@@H](NC(=O)C[C@@H]1CCC(=O)N1Cc1cccc(F)c1F)C(C)C. The standard InChI is InChI=1S/C20H27F2N3O4/c1-4-29-24-20(28)19(12(2)3)23-16(26)10-14-8-9-17(27)25(14)11-13-6-5-7-15(21)18(13)22/h5-7,12,14,19H,4,8-11H2,1-3H3,(H,23,26)(H,24,28)/t14-,19-/m0/s1. The van der Waals surface area contributed by atoms with Gasteiger partial charge in [0.05, 0.1) is 6.61 Å². The van der Waals surface area contributed by atoms with Gasteiger partial charge in [-0.2, -0.15) is 0 Å². The van der Waals surface area contributed by atoms with Gasteiger partial charge < -0.3 is 10.2 Å². The van der Waals surface area contributed by atoms with Crippen LogP contribution in [0.2, 0.25) is 0 Å². The zero-order valence-electron chi connectivity index (χ0n) is 16.8. The van der Waals surface area contributed by atoms with Crippen LogP contribution in [0.5, 0.6) is 0 Å². The van der Waals surface area contributed by atoms with Crippen LogP contribution in [0, 0.1) is 17.6 Å². The summed E-state index contributed by atoms with van der Waals surface area (Å²) in [5, 5.41) is 2.67. The maximum atomic E-state index is 14.0. The number of halogens is 2. The van der Waals surface area contributed by atoms with Gasteiger partial charge in [0, 0.05) is 31.0 Å². The summed E-state index contributed by atoms with van der Waals surface area (Å²) < 4.78 is 27.4. The van der Waals surface area contributed by atoms with Crippen LogP contribution in [-0.4, -0.2) is 41.3 Å². The van der Waals surface area contributed by atoms with Crippen molar-refractivity contribution in [1.29, 1.82) is 0 Å². The first-order valence-corrected chi connectivity index (χ1v) is 9.67. The molecule has 1 fully saturated rings. The lowest BCUT2D eigenvalue weighted by atomic mass is 10.0. The molecule has 0 saturated carbocycles. The Balaban J connectivity index is 2.03. The van der Waals surface area contributed by atoms with E-state index in [0.717, 1.165) is 6.07 Å². The average Bonchev–Trinajstić information content (AvgIpc) is 3.00. The van der Waals surface area contributed by atoms with Crippen LogP contribution >= 0.6 is 0 Å². The molecular formula is C20H27F2N3O4. The normalized spacial score (nSPS) is 17.5. The molecule has 2 atom stereocenters. The lowest BCUT2D eigenvalue weighted by molar-refractivity contribution is -0.139. The molecule has 1 aliphatic heterocycles. The van der Waals surface area contributed by atoms with E-state index in [1.54, 1.807) is 20.8 Å². The van der Waals surface area contributed by atoms with Crippen molar-refractivity contribution in [3.8, 4) is 0 Å². The molecule has 1 aromatic carbocycles. The van der Waals surface area contributed by atoms with Crippen molar-refractivity contribution in [2.75, 3.05) is 6.61 Å². The lowest BCUT2D eigenvalue weighted by Crippen LogP contribution is -2.50. The highest BCUT2D eigenvalue weighted by Gasteiger charge is 2.34. The molecule has 0 spiro atoms. The van der Waals surface area contributed by atoms with Gasteiger partial charge in [0.15, 0.2) is 11.6 Å². The fraction of sp³-hybridized carbons (Fsp3) is 0.550. The summed E-state index contributed by atoms with van der Waals surface area (Å²) in [6.07, 6.45) is 0.627. The lowest BCUT2D eigenvalue weighted by Gasteiger charge is -2.26. The van der Waals surface area contributed by atoms with E-state index < -0.39 is 35.5 Å². The largest absolute Gasteiger partial charge is 0.344 e. The Morgan fingerprint density at radius 2 is 2.03 bits per heavy atom. The Morgan fingerprint density at radius 3 is 2.69 bits per heavy atom. The van der Waals surface area contributed by atoms with Gasteiger partial charge in [-0.25, -0.2) is 14.3 Å². The van der Waals surface area contributed by atoms with Crippen LogP contribution in [0.4, 0.5) is 8.78 Å². The van der Waals surface area contributed by atoms with Gasteiger partial charge in [-0.15, -0.1) is 0 Å². The topological polar surface area (TPSA) is 87.7 Å². The number of nitrogens with zero attached hydrogens (tertiary/aromatic N) is 1. The average molecular weight is 411 g/mol. The van der Waals surface area contributed by atoms with Gasteiger partial charge in [0.25, 0.3) is 5.91 Å². The fourth-order valence-electron chi connectivity index (χ4n) is 3.26. The molecule has 9 heteroatoms. The Labute approximate surface area is 168 Å². The highest BCUT2D eigenvalue weighted by Crippen LogP contribution is 2.25. The summed E-state index contributed by atoms with van der Waals surface area (Å²) in [4.78, 5) is 43.2. The highest BCUT2D eigenvalue weighted by atomic mass is 19.2. The van der Waals surface area contributed by atoms with Gasteiger partial charge in [-0.1, -0.05) is 26.0 Å². The second-order valence-electron chi connectivity index (χ2n) is 7.32. The Hall–Kier alpha value is -2.55. The van der Waals surface area contributed by atoms with Crippen molar-refractivity contribution >= 4 is 17.7 Å². The number of hydrogen-bond acceptors (Lipinski definition) is 4. The second kappa shape index (κ2) is 10.3. The molecule has 3 amide bonds. The molecule has 1 aliphatic rings. The number of benzene rings is 1. The van der Waals surface area contributed by atoms with E-state index in [1.807, 2.05) is 0 Å². The molecule has 160 valence electrons. The third-order valence-electron chi connectivity index (χ3n) is 4.83. The van der Waals surface area contributed by atoms with Gasteiger partial charge in [0.1, 0.15) is 6.04 Å². The van der Waals surface area contributed by atoms with Gasteiger partial charge in [-0.05, 0) is 25.3 Å². The number of carbonyl (C=O) groups excluding carboxylic acids is 3. The first-order chi connectivity index (χ1) is 13.7. The van der Waals surface area contributed by atoms with E-state index in [1.165, 1.54) is 17.0 Å². The van der Waals surface area contributed by atoms with Crippen LogP contribution < -0.4 is 10.8 Å². The molecule has 0 radical (unpaired) electrons. The van der Waals surface area contributed by atoms with E-state index in [-0.39, 0.29) is 36.8 Å². The van der Waals surface area contributed by atoms with E-state index in [0.29, 0.717) is 13.0 Å². The van der Waals surface area contributed by atoms with Crippen molar-refractivity contribution < 1.29 is 28.0 Å². The van der Waals surface area contributed by atoms with Gasteiger partial charge >= 0.3 is 0 Å². The monoisotopic (exact) mass is 411 g/mol. The van der Waals surface area contributed by atoms with Gasteiger partial charge in [0.2, 0.25) is 11.8 Å². The van der Waals surface area contributed by atoms with Gasteiger partial charge in [-0.3, -0.25) is 19.2 Å². The molecular weight excluding hydrogens is 384 g/mol. The summed E-state index contributed by atoms with van der Waals surface area (Å²) in [5.74, 6) is -3.24. The molecule has 0 unspecified atom stereocenters. The van der Waals surface area contributed by atoms with Crippen LogP contribution in [0.25, 0.3) is 0 Å². The first kappa shape index (κ1) is 22.7. The molecule has 0 bridgehead atoms. The zero-order chi connectivity index (χ0) is 21.6. The van der Waals surface area contributed by atoms with Crippen molar-refractivity contribution in [3.05, 3.63) is 35.4 Å². The molecule has 2 N–H and O–H groups in total. The van der Waals surface area contributed by atoms with E-state index in [2.05, 4.69) is 10.8 Å². The van der Waals surface area contributed by atoms with Crippen LogP contribution in [0.15, 0.2) is 18.2 Å². The van der Waals surface area contributed by atoms with Crippen LogP contribution in [-0.2, 0) is 25.8 Å². The number of likely N-dealkylation sites (tertiary alicyclic amines) is 1. The Bertz CT molecular complexity index is 757. The van der Waals surface area contributed by atoms with Crippen molar-refractivity contribution in [2.24, 2.45) is 5.92 Å². The summed E-state index contributed by atoms with van der Waals surface area (Å²) in [5.41, 5.74) is 2.33. The molecule has 0 aromatic heterocycles. The quantitative estimate of drug-likeness (QED) is 0.609. The van der Waals surface area contributed by atoms with Crippen molar-refractivity contribution in [1.82, 2.24) is 15.7 Å². The minimum absolute atomic E-state index is 0.0339. The molecule has 0 aliphatic carbocycles. The highest BCUT2D eigenvalue weighted by molar-refractivity contribution is 5.88. The van der Waals surface area contributed by atoms with E-state index >= 15 is 0 Å². The zero-order valence-corrected chi connectivity index (χ0v) is 16.8. The predicted octanol–water partition coefficient (Wildman–Crippen LogP) is 2.05. The Kier molecular flexibility index (Phi) is 8.07. The Morgan fingerprint density at radius 1 is 1.31 bits per heavy atom. The number of hydrogen-bond donors (Lipinski definition) is 2. The fourth-order valence-corrected chi connectivity index (χ4v) is 3.26. The number of amides is 3. The number of hydroxylamine groups is 1. The maximum absolute atomic E-state index is 14.0. The van der Waals surface area contributed by atoms with E-state index in [9.17, 15) is 23.2 Å². The summed E-state index contributed by atoms with van der Waals surface area (Å²) in [7, 11) is 0. The minimum Gasteiger partial charge on any atom is -0.344 e. The molecule has 1 saturated heterocycles. The number of rotatable bonds is 9. The molecule has 1 aromatic rings. The number of nitrogens with one attached hydrogen (secondary N) is 2. The van der Waals surface area contributed by atoms with Crippen molar-refractivity contribution in [3.63, 3.8) is 0 Å². The molecule has 29 heavy (non-hydrogen) atoms. The maximum Gasteiger partial charge on any atom is 0.266 e. The smallest absolute Gasteiger partial charge is 0.266 e. The second-order valence-corrected chi connectivity index (χ2v) is 7.32. The summed E-state index contributed by atoms with van der Waals surface area (Å²) in [6, 6.07) is 2.55. The summed E-state index contributed by atoms with van der Waals surface area (Å²) >= 11 is 0. The van der Waals surface area contributed by atoms with Crippen molar-refractivity contribution in [2.45, 2.75) is 58.7 Å². The molecule has 1 heterocycles. The molecule has 7 nitrogen and oxygen atoms in total. The van der Waals surface area contributed by atoms with Crippen LogP contribution in [0.3, 0.4) is 0 Å². The van der Waals surface area contributed by atoms with E-state index in [4.69, 9.17) is 4.84 Å². The molecule has 2 rings (SSSR count). The predicted molar refractivity (Wildman–Crippen MR) is 101 cm³/mol. The minimum atomic E-state index is -0.997. The third-order valence-corrected chi connectivity index (χ3v) is 4.83. The van der Waals surface area contributed by atoms with Crippen LogP contribution in [0.1, 0.15) is 45.6 Å². The number of carbonyl (C=O) groups is 3. The third kappa shape index (κ3) is 5.96. The summed E-state index contributed by atoms with van der Waals surface area (Å²) in [6.45, 7) is 5.47.